The second-order valence-corrected chi connectivity index (χ2v) is 5.50. The maximum atomic E-state index is 9.15. The molecule has 0 heterocycles. The summed E-state index contributed by atoms with van der Waals surface area (Å²) in [6.07, 6.45) is 0.681. The van der Waals surface area contributed by atoms with Gasteiger partial charge in [-0.3, -0.25) is 0 Å². The largest absolute Gasteiger partial charge is 0.495 e. The molecule has 1 atom stereocenters. The van der Waals surface area contributed by atoms with Crippen molar-refractivity contribution < 1.29 is 9.84 Å². The zero-order chi connectivity index (χ0) is 13.8. The molecule has 102 valence electrons. The maximum absolute atomic E-state index is 9.15. The number of aliphatic hydroxyl groups is 1. The average molecular weight is 252 g/mol. The van der Waals surface area contributed by atoms with Crippen LogP contribution in [0.4, 0.5) is 11.4 Å². The minimum Gasteiger partial charge on any atom is -0.495 e. The van der Waals surface area contributed by atoms with Crippen molar-refractivity contribution in [1.82, 2.24) is 0 Å². The monoisotopic (exact) mass is 252 g/mol. The number of methoxy groups -OCH3 is 1. The molecule has 4 heteroatoms. The van der Waals surface area contributed by atoms with Crippen LogP contribution >= 0.6 is 0 Å². The third-order valence-electron chi connectivity index (χ3n) is 3.08. The van der Waals surface area contributed by atoms with Gasteiger partial charge in [-0.1, -0.05) is 26.8 Å². The molecule has 0 bridgehead atoms. The highest BCUT2D eigenvalue weighted by atomic mass is 16.5. The summed E-state index contributed by atoms with van der Waals surface area (Å²) in [6.45, 7) is 6.56. The van der Waals surface area contributed by atoms with E-state index in [0.29, 0.717) is 17.9 Å². The van der Waals surface area contributed by atoms with Crippen LogP contribution in [-0.4, -0.2) is 24.9 Å². The normalized spacial score (nSPS) is 13.2. The van der Waals surface area contributed by atoms with E-state index in [4.69, 9.17) is 15.6 Å². The van der Waals surface area contributed by atoms with Crippen LogP contribution < -0.4 is 15.8 Å². The lowest BCUT2D eigenvalue weighted by atomic mass is 9.84. The number of para-hydroxylation sites is 1. The molecule has 1 aromatic carbocycles. The molecule has 4 N–H and O–H groups in total. The van der Waals surface area contributed by atoms with Crippen LogP contribution in [0.25, 0.3) is 0 Å². The zero-order valence-corrected chi connectivity index (χ0v) is 11.7. The molecule has 1 rings (SSSR count). The predicted octanol–water partition coefficient (Wildman–Crippen LogP) is 2.49. The summed E-state index contributed by atoms with van der Waals surface area (Å²) in [7, 11) is 1.60. The van der Waals surface area contributed by atoms with E-state index >= 15 is 0 Å². The fourth-order valence-electron chi connectivity index (χ4n) is 1.89. The lowest BCUT2D eigenvalue weighted by molar-refractivity contribution is 0.235. The van der Waals surface area contributed by atoms with E-state index in [0.717, 1.165) is 5.69 Å². The first kappa shape index (κ1) is 14.6. The van der Waals surface area contributed by atoms with Crippen molar-refractivity contribution >= 4 is 11.4 Å². The number of benzene rings is 1. The standard InChI is InChI=1S/C14H24N2O2/c1-14(2,3)12(8-9-17)16-10-6-5-7-11(18-4)13(10)15/h5-7,12,16-17H,8-9,15H2,1-4H3. The number of rotatable bonds is 5. The lowest BCUT2D eigenvalue weighted by Crippen LogP contribution is -2.35. The molecule has 0 aliphatic rings. The first-order chi connectivity index (χ1) is 8.40. The van der Waals surface area contributed by atoms with Crippen molar-refractivity contribution in [2.45, 2.75) is 33.2 Å². The van der Waals surface area contributed by atoms with Crippen molar-refractivity contribution in [2.24, 2.45) is 5.41 Å². The second-order valence-electron chi connectivity index (χ2n) is 5.50. The van der Waals surface area contributed by atoms with Gasteiger partial charge in [0.2, 0.25) is 0 Å². The Labute approximate surface area is 109 Å². The van der Waals surface area contributed by atoms with Gasteiger partial charge in [-0.25, -0.2) is 0 Å². The summed E-state index contributed by atoms with van der Waals surface area (Å²) >= 11 is 0. The molecule has 0 aliphatic heterocycles. The fourth-order valence-corrected chi connectivity index (χ4v) is 1.89. The van der Waals surface area contributed by atoms with Crippen molar-refractivity contribution in [3.05, 3.63) is 18.2 Å². The molecule has 18 heavy (non-hydrogen) atoms. The quantitative estimate of drug-likeness (QED) is 0.704. The molecule has 0 aliphatic carbocycles. The number of nitrogen functional groups attached to an aromatic ring is 1. The maximum Gasteiger partial charge on any atom is 0.143 e. The topological polar surface area (TPSA) is 67.5 Å². The second kappa shape index (κ2) is 5.96. The Balaban J connectivity index is 2.94. The van der Waals surface area contributed by atoms with Gasteiger partial charge >= 0.3 is 0 Å². The smallest absolute Gasteiger partial charge is 0.143 e. The number of ether oxygens (including phenoxy) is 1. The van der Waals surface area contributed by atoms with Gasteiger partial charge in [0.1, 0.15) is 5.75 Å². The van der Waals surface area contributed by atoms with Crippen LogP contribution in [0.15, 0.2) is 18.2 Å². The minimum absolute atomic E-state index is 0.0399. The van der Waals surface area contributed by atoms with Crippen molar-refractivity contribution in [3.8, 4) is 5.75 Å². The Bertz CT molecular complexity index is 386. The van der Waals surface area contributed by atoms with Gasteiger partial charge < -0.3 is 20.9 Å². The van der Waals surface area contributed by atoms with Gasteiger partial charge in [-0.15, -0.1) is 0 Å². The van der Waals surface area contributed by atoms with Crippen molar-refractivity contribution in [1.29, 1.82) is 0 Å². The van der Waals surface area contributed by atoms with Crippen molar-refractivity contribution in [2.75, 3.05) is 24.8 Å². The number of nitrogens with two attached hydrogens (primary N) is 1. The van der Waals surface area contributed by atoms with Gasteiger partial charge in [0.05, 0.1) is 18.5 Å². The summed E-state index contributed by atoms with van der Waals surface area (Å²) in [5.74, 6) is 0.664. The van der Waals surface area contributed by atoms with E-state index in [1.165, 1.54) is 0 Å². The third-order valence-corrected chi connectivity index (χ3v) is 3.08. The van der Waals surface area contributed by atoms with Crippen LogP contribution in [0.1, 0.15) is 27.2 Å². The van der Waals surface area contributed by atoms with Gasteiger partial charge in [-0.05, 0) is 24.0 Å². The van der Waals surface area contributed by atoms with Crippen LogP contribution in [0, 0.1) is 5.41 Å². The molecule has 1 unspecified atom stereocenters. The Hall–Kier alpha value is -1.42. The highest BCUT2D eigenvalue weighted by Gasteiger charge is 2.24. The number of aliphatic hydroxyl groups excluding tert-OH is 1. The van der Waals surface area contributed by atoms with E-state index in [2.05, 4.69) is 26.1 Å². The van der Waals surface area contributed by atoms with Gasteiger partial charge in [0.15, 0.2) is 0 Å². The number of hydrogen-bond donors (Lipinski definition) is 3. The highest BCUT2D eigenvalue weighted by molar-refractivity contribution is 5.73. The van der Waals surface area contributed by atoms with Gasteiger partial charge in [0.25, 0.3) is 0 Å². The van der Waals surface area contributed by atoms with E-state index < -0.39 is 0 Å². The van der Waals surface area contributed by atoms with Crippen LogP contribution in [0.2, 0.25) is 0 Å². The van der Waals surface area contributed by atoms with Crippen LogP contribution in [0.5, 0.6) is 5.75 Å². The number of hydrogen-bond acceptors (Lipinski definition) is 4. The van der Waals surface area contributed by atoms with E-state index in [-0.39, 0.29) is 18.1 Å². The molecule has 0 fully saturated rings. The number of anilines is 2. The Morgan fingerprint density at radius 2 is 2.06 bits per heavy atom. The molecule has 0 amide bonds. The summed E-state index contributed by atoms with van der Waals surface area (Å²) < 4.78 is 5.20. The van der Waals surface area contributed by atoms with Gasteiger partial charge in [-0.2, -0.15) is 0 Å². The molecule has 0 spiro atoms. The first-order valence-corrected chi connectivity index (χ1v) is 6.20. The fraction of sp³-hybridized carbons (Fsp3) is 0.571. The summed E-state index contributed by atoms with van der Waals surface area (Å²) in [5, 5.41) is 12.6. The Kier molecular flexibility index (Phi) is 4.84. The molecule has 4 nitrogen and oxygen atoms in total. The van der Waals surface area contributed by atoms with E-state index in [9.17, 15) is 0 Å². The van der Waals surface area contributed by atoms with E-state index in [1.807, 2.05) is 18.2 Å². The van der Waals surface area contributed by atoms with Crippen LogP contribution in [-0.2, 0) is 0 Å². The Morgan fingerprint density at radius 1 is 1.39 bits per heavy atom. The predicted molar refractivity (Wildman–Crippen MR) is 76.0 cm³/mol. The van der Waals surface area contributed by atoms with Gasteiger partial charge in [0, 0.05) is 12.6 Å². The minimum atomic E-state index is 0.0399. The first-order valence-electron chi connectivity index (χ1n) is 6.20. The molecular weight excluding hydrogens is 228 g/mol. The molecule has 0 radical (unpaired) electrons. The number of nitrogens with one attached hydrogen (secondary N) is 1. The van der Waals surface area contributed by atoms with E-state index in [1.54, 1.807) is 7.11 Å². The molecule has 0 aromatic heterocycles. The SMILES string of the molecule is COc1cccc(NC(CCO)C(C)(C)C)c1N. The summed E-state index contributed by atoms with van der Waals surface area (Å²) in [5.41, 5.74) is 7.53. The van der Waals surface area contributed by atoms with Crippen LogP contribution in [0.3, 0.4) is 0 Å². The lowest BCUT2D eigenvalue weighted by Gasteiger charge is -2.32. The third kappa shape index (κ3) is 3.53. The zero-order valence-electron chi connectivity index (χ0n) is 11.7. The molecule has 0 saturated heterocycles. The highest BCUT2D eigenvalue weighted by Crippen LogP contribution is 2.32. The average Bonchev–Trinajstić information content (AvgIpc) is 2.29. The summed E-state index contributed by atoms with van der Waals surface area (Å²) in [6, 6.07) is 5.81. The molecular formula is C14H24N2O2. The molecule has 0 saturated carbocycles. The Morgan fingerprint density at radius 3 is 2.56 bits per heavy atom. The molecule has 1 aromatic rings. The summed E-state index contributed by atoms with van der Waals surface area (Å²) in [4.78, 5) is 0. The van der Waals surface area contributed by atoms with Crippen molar-refractivity contribution in [3.63, 3.8) is 0 Å².